The van der Waals surface area contributed by atoms with E-state index in [4.69, 9.17) is 9.47 Å². The van der Waals surface area contributed by atoms with Crippen LogP contribution in [0.25, 0.3) is 5.76 Å². The van der Waals surface area contributed by atoms with Gasteiger partial charge in [-0.15, -0.1) is 0 Å². The summed E-state index contributed by atoms with van der Waals surface area (Å²) in [5.41, 5.74) is 1.61. The quantitative estimate of drug-likeness (QED) is 0.326. The van der Waals surface area contributed by atoms with Gasteiger partial charge in [0.2, 0.25) is 0 Å². The number of aliphatic hydroxyl groups excluding tert-OH is 1. The lowest BCUT2D eigenvalue weighted by atomic mass is 9.95. The van der Waals surface area contributed by atoms with Crippen molar-refractivity contribution in [1.29, 1.82) is 0 Å². The zero-order chi connectivity index (χ0) is 23.5. The van der Waals surface area contributed by atoms with Gasteiger partial charge in [-0.2, -0.15) is 0 Å². The monoisotopic (exact) mass is 443 g/mol. The summed E-state index contributed by atoms with van der Waals surface area (Å²) in [6, 6.07) is 22.1. The third kappa shape index (κ3) is 4.32. The molecule has 1 fully saturated rings. The number of ether oxygens (including phenoxy) is 2. The molecule has 1 aliphatic heterocycles. The van der Waals surface area contributed by atoms with Gasteiger partial charge in [0.05, 0.1) is 24.8 Å². The van der Waals surface area contributed by atoms with Gasteiger partial charge in [-0.3, -0.25) is 14.5 Å². The van der Waals surface area contributed by atoms with Crippen LogP contribution in [0.5, 0.6) is 11.5 Å². The molecule has 0 radical (unpaired) electrons. The number of nitrogens with zero attached hydrogens (tertiary/aromatic N) is 1. The molecule has 33 heavy (non-hydrogen) atoms. The van der Waals surface area contributed by atoms with E-state index in [9.17, 15) is 14.7 Å². The maximum atomic E-state index is 13.2. The van der Waals surface area contributed by atoms with E-state index >= 15 is 0 Å². The Kier molecular flexibility index (Phi) is 6.18. The summed E-state index contributed by atoms with van der Waals surface area (Å²) in [5.74, 6) is -0.571. The maximum Gasteiger partial charge on any atom is 0.300 e. The van der Waals surface area contributed by atoms with Crippen molar-refractivity contribution >= 4 is 23.1 Å². The van der Waals surface area contributed by atoms with Crippen LogP contribution in [0, 0.1) is 0 Å². The van der Waals surface area contributed by atoms with Crippen molar-refractivity contribution in [2.24, 2.45) is 0 Å². The van der Waals surface area contributed by atoms with Crippen molar-refractivity contribution in [2.45, 2.75) is 26.0 Å². The number of amides is 1. The molecule has 6 nitrogen and oxygen atoms in total. The van der Waals surface area contributed by atoms with Gasteiger partial charge in [0.15, 0.2) is 0 Å². The Morgan fingerprint density at radius 2 is 1.61 bits per heavy atom. The second kappa shape index (κ2) is 9.20. The van der Waals surface area contributed by atoms with Gasteiger partial charge in [-0.25, -0.2) is 0 Å². The number of methoxy groups -OCH3 is 1. The number of ketones is 1. The highest BCUT2D eigenvalue weighted by Crippen LogP contribution is 2.43. The summed E-state index contributed by atoms with van der Waals surface area (Å²) in [5, 5.41) is 11.2. The number of rotatable bonds is 6. The fourth-order valence-electron chi connectivity index (χ4n) is 3.96. The van der Waals surface area contributed by atoms with Crippen molar-refractivity contribution in [3.63, 3.8) is 0 Å². The molecule has 0 spiro atoms. The van der Waals surface area contributed by atoms with Gasteiger partial charge in [0, 0.05) is 11.3 Å². The summed E-state index contributed by atoms with van der Waals surface area (Å²) >= 11 is 0. The first-order chi connectivity index (χ1) is 15.9. The number of Topliss-reactive ketones (excluding diaryl/α,β-unsaturated/α-hetero) is 1. The smallest absolute Gasteiger partial charge is 0.300 e. The molecule has 1 aliphatic rings. The van der Waals surface area contributed by atoms with Crippen LogP contribution < -0.4 is 14.4 Å². The number of para-hydroxylation sites is 1. The van der Waals surface area contributed by atoms with Gasteiger partial charge in [0.25, 0.3) is 11.7 Å². The zero-order valence-electron chi connectivity index (χ0n) is 18.7. The molecule has 0 saturated carbocycles. The Bertz CT molecular complexity index is 1220. The topological polar surface area (TPSA) is 76.1 Å². The molecule has 4 rings (SSSR count). The Labute approximate surface area is 192 Å². The zero-order valence-corrected chi connectivity index (χ0v) is 18.7. The molecular weight excluding hydrogens is 418 g/mol. The third-order valence-corrected chi connectivity index (χ3v) is 5.37. The molecule has 0 bridgehead atoms. The van der Waals surface area contributed by atoms with E-state index < -0.39 is 17.7 Å². The Hall–Kier alpha value is -4.06. The summed E-state index contributed by atoms with van der Waals surface area (Å²) < 4.78 is 11.1. The van der Waals surface area contributed by atoms with E-state index in [0.717, 1.165) is 0 Å². The van der Waals surface area contributed by atoms with Gasteiger partial charge in [0.1, 0.15) is 17.3 Å². The second-order valence-electron chi connectivity index (χ2n) is 7.98. The van der Waals surface area contributed by atoms with Crippen molar-refractivity contribution < 1.29 is 24.2 Å². The summed E-state index contributed by atoms with van der Waals surface area (Å²) in [6.07, 6.45) is -0.0440. The number of anilines is 1. The summed E-state index contributed by atoms with van der Waals surface area (Å²) in [4.78, 5) is 27.8. The molecule has 1 amide bonds. The lowest BCUT2D eigenvalue weighted by molar-refractivity contribution is -0.132. The number of hydrogen-bond donors (Lipinski definition) is 1. The lowest BCUT2D eigenvalue weighted by Gasteiger charge is -2.26. The average Bonchev–Trinajstić information content (AvgIpc) is 3.09. The Morgan fingerprint density at radius 1 is 0.909 bits per heavy atom. The molecule has 1 atom stereocenters. The first kappa shape index (κ1) is 22.1. The van der Waals surface area contributed by atoms with E-state index in [1.807, 2.05) is 38.1 Å². The number of benzene rings is 3. The minimum absolute atomic E-state index is 0.0128. The molecule has 168 valence electrons. The fraction of sp³-hybridized carbons (Fsp3) is 0.185. The molecule has 0 aliphatic carbocycles. The van der Waals surface area contributed by atoms with Gasteiger partial charge in [-0.1, -0.05) is 42.5 Å². The largest absolute Gasteiger partial charge is 0.507 e. The van der Waals surface area contributed by atoms with Crippen LogP contribution in [0.1, 0.15) is 31.0 Å². The number of aliphatic hydroxyl groups is 1. The molecule has 6 heteroatoms. The molecule has 1 saturated heterocycles. The molecular formula is C27H25NO5. The standard InChI is InChI=1S/C27H25NO5/c1-17(2)33-22-14-7-9-18(15-22)24-23(25(29)19-10-8-13-21(16-19)32-3)26(30)27(31)28(24)20-11-5-4-6-12-20/h4-17,24,29H,1-3H3/b25-23-. The normalized spacial score (nSPS) is 17.5. The Balaban J connectivity index is 1.93. The SMILES string of the molecule is COc1cccc(/C(O)=C2/C(=O)C(=O)N(c3ccccc3)C2c2cccc(OC(C)C)c2)c1. The molecule has 0 aromatic heterocycles. The highest BCUT2D eigenvalue weighted by atomic mass is 16.5. The fourth-order valence-corrected chi connectivity index (χ4v) is 3.96. The molecule has 1 N–H and O–H groups in total. The van der Waals surface area contributed by atoms with E-state index in [1.165, 1.54) is 12.0 Å². The van der Waals surface area contributed by atoms with Crippen LogP contribution >= 0.6 is 0 Å². The molecule has 3 aromatic rings. The first-order valence-electron chi connectivity index (χ1n) is 10.7. The molecule has 3 aromatic carbocycles. The third-order valence-electron chi connectivity index (χ3n) is 5.37. The Morgan fingerprint density at radius 3 is 2.30 bits per heavy atom. The second-order valence-corrected chi connectivity index (χ2v) is 7.98. The van der Waals surface area contributed by atoms with Crippen molar-refractivity contribution in [3.05, 3.63) is 95.6 Å². The van der Waals surface area contributed by atoms with Crippen LogP contribution in [0.4, 0.5) is 5.69 Å². The predicted octanol–water partition coefficient (Wildman–Crippen LogP) is 5.11. The average molecular weight is 443 g/mol. The first-order valence-corrected chi connectivity index (χ1v) is 10.7. The maximum absolute atomic E-state index is 13.2. The highest BCUT2D eigenvalue weighted by molar-refractivity contribution is 6.51. The van der Waals surface area contributed by atoms with Crippen molar-refractivity contribution in [2.75, 3.05) is 12.0 Å². The number of carbonyl (C=O) groups excluding carboxylic acids is 2. The molecule has 1 unspecified atom stereocenters. The minimum atomic E-state index is -0.825. The minimum Gasteiger partial charge on any atom is -0.507 e. The predicted molar refractivity (Wildman–Crippen MR) is 126 cm³/mol. The van der Waals surface area contributed by atoms with E-state index in [-0.39, 0.29) is 17.4 Å². The lowest BCUT2D eigenvalue weighted by Crippen LogP contribution is -2.29. The van der Waals surface area contributed by atoms with Crippen LogP contribution in [-0.2, 0) is 9.59 Å². The summed E-state index contributed by atoms with van der Waals surface area (Å²) in [7, 11) is 1.52. The number of hydrogen-bond acceptors (Lipinski definition) is 5. The van der Waals surface area contributed by atoms with Crippen LogP contribution in [0.2, 0.25) is 0 Å². The van der Waals surface area contributed by atoms with Crippen LogP contribution in [0.3, 0.4) is 0 Å². The van der Waals surface area contributed by atoms with E-state index in [2.05, 4.69) is 0 Å². The van der Waals surface area contributed by atoms with Gasteiger partial charge >= 0.3 is 0 Å². The van der Waals surface area contributed by atoms with Crippen LogP contribution in [-0.4, -0.2) is 30.0 Å². The number of carbonyl (C=O) groups is 2. The van der Waals surface area contributed by atoms with Crippen molar-refractivity contribution in [3.8, 4) is 11.5 Å². The molecule has 1 heterocycles. The van der Waals surface area contributed by atoms with Gasteiger partial charge in [-0.05, 0) is 55.8 Å². The van der Waals surface area contributed by atoms with Gasteiger partial charge < -0.3 is 14.6 Å². The van der Waals surface area contributed by atoms with E-state index in [0.29, 0.717) is 28.3 Å². The highest BCUT2D eigenvalue weighted by Gasteiger charge is 2.47. The van der Waals surface area contributed by atoms with E-state index in [1.54, 1.807) is 54.6 Å². The van der Waals surface area contributed by atoms with Crippen LogP contribution in [0.15, 0.2) is 84.4 Å². The van der Waals surface area contributed by atoms with Crippen molar-refractivity contribution in [1.82, 2.24) is 0 Å². The summed E-state index contributed by atoms with van der Waals surface area (Å²) in [6.45, 7) is 3.84.